The van der Waals surface area contributed by atoms with Crippen LogP contribution in [-0.2, 0) is 14.3 Å². The number of benzene rings is 1. The molecule has 1 fully saturated rings. The number of hydrogen-bond donors (Lipinski definition) is 2. The molecule has 1 heterocycles. The van der Waals surface area contributed by atoms with E-state index in [1.807, 2.05) is 0 Å². The molecule has 1 saturated heterocycles. The lowest BCUT2D eigenvalue weighted by Gasteiger charge is -2.35. The summed E-state index contributed by atoms with van der Waals surface area (Å²) in [5.74, 6) is 0.202. The molecule has 0 aliphatic carbocycles. The first kappa shape index (κ1) is 20.0. The predicted octanol–water partition coefficient (Wildman–Crippen LogP) is 2.31. The third-order valence-corrected chi connectivity index (χ3v) is 4.11. The molecule has 0 saturated carbocycles. The molecule has 26 heavy (non-hydrogen) atoms. The van der Waals surface area contributed by atoms with Crippen LogP contribution in [0.15, 0.2) is 18.2 Å². The Kier molecular flexibility index (Phi) is 7.68. The van der Waals surface area contributed by atoms with Gasteiger partial charge in [-0.05, 0) is 24.6 Å². The van der Waals surface area contributed by atoms with Gasteiger partial charge in [-0.1, -0.05) is 13.3 Å². The minimum Gasteiger partial charge on any atom is -0.495 e. The molecule has 2 N–H and O–H groups in total. The van der Waals surface area contributed by atoms with Crippen molar-refractivity contribution in [3.05, 3.63) is 18.2 Å². The van der Waals surface area contributed by atoms with Crippen LogP contribution < -0.4 is 15.4 Å². The summed E-state index contributed by atoms with van der Waals surface area (Å²) >= 11 is 0. The number of anilines is 2. The number of hydrogen-bond acceptors (Lipinski definition) is 5. The summed E-state index contributed by atoms with van der Waals surface area (Å²) < 4.78 is 15.6. The van der Waals surface area contributed by atoms with Gasteiger partial charge in [0.15, 0.2) is 0 Å². The van der Waals surface area contributed by atoms with Crippen LogP contribution in [0.1, 0.15) is 19.8 Å². The number of urea groups is 1. The van der Waals surface area contributed by atoms with Gasteiger partial charge >= 0.3 is 6.03 Å². The monoisotopic (exact) mass is 365 g/mol. The first-order chi connectivity index (χ1) is 12.6. The highest BCUT2D eigenvalue weighted by molar-refractivity contribution is 5.95. The largest absolute Gasteiger partial charge is 0.495 e. The molecule has 0 radical (unpaired) electrons. The minimum atomic E-state index is -0.300. The smallest absolute Gasteiger partial charge is 0.322 e. The second kappa shape index (κ2) is 9.98. The molecule has 1 aliphatic rings. The topological polar surface area (TPSA) is 89.1 Å². The first-order valence-electron chi connectivity index (χ1n) is 8.71. The Hall–Kier alpha value is -2.32. The molecule has 1 aromatic carbocycles. The summed E-state index contributed by atoms with van der Waals surface area (Å²) in [5, 5.41) is 5.60. The van der Waals surface area contributed by atoms with Gasteiger partial charge in [0, 0.05) is 19.3 Å². The second-order valence-corrected chi connectivity index (χ2v) is 6.04. The van der Waals surface area contributed by atoms with Crippen molar-refractivity contribution >= 4 is 23.3 Å². The van der Waals surface area contributed by atoms with E-state index in [1.54, 1.807) is 23.1 Å². The van der Waals surface area contributed by atoms with Crippen molar-refractivity contribution in [2.75, 3.05) is 51.2 Å². The van der Waals surface area contributed by atoms with Crippen LogP contribution in [0.4, 0.5) is 16.2 Å². The van der Waals surface area contributed by atoms with Crippen molar-refractivity contribution in [1.29, 1.82) is 0 Å². The van der Waals surface area contributed by atoms with E-state index in [0.717, 1.165) is 12.8 Å². The van der Waals surface area contributed by atoms with Gasteiger partial charge in [0.25, 0.3) is 0 Å². The Bertz CT molecular complexity index is 621. The fourth-order valence-electron chi connectivity index (χ4n) is 2.89. The quantitative estimate of drug-likeness (QED) is 0.774. The SMILES string of the molecule is CCC[C@@H]1COCCN1C(=O)Nc1ccc(OC)c(NC(=O)COC)c1. The lowest BCUT2D eigenvalue weighted by atomic mass is 10.1. The van der Waals surface area contributed by atoms with Crippen LogP contribution in [0, 0.1) is 0 Å². The van der Waals surface area contributed by atoms with Crippen LogP contribution in [0.25, 0.3) is 0 Å². The number of morpholine rings is 1. The average Bonchev–Trinajstić information content (AvgIpc) is 2.63. The minimum absolute atomic E-state index is 0.0633. The molecule has 0 aromatic heterocycles. The lowest BCUT2D eigenvalue weighted by molar-refractivity contribution is -0.119. The van der Waals surface area contributed by atoms with Crippen LogP contribution in [0.3, 0.4) is 0 Å². The van der Waals surface area contributed by atoms with E-state index >= 15 is 0 Å². The van der Waals surface area contributed by atoms with Gasteiger partial charge in [-0.25, -0.2) is 4.79 Å². The van der Waals surface area contributed by atoms with Crippen molar-refractivity contribution in [2.24, 2.45) is 0 Å². The average molecular weight is 365 g/mol. The zero-order chi connectivity index (χ0) is 18.9. The Morgan fingerprint density at radius 1 is 1.31 bits per heavy atom. The van der Waals surface area contributed by atoms with Crippen molar-refractivity contribution in [2.45, 2.75) is 25.8 Å². The molecule has 8 nitrogen and oxygen atoms in total. The number of ether oxygens (including phenoxy) is 3. The van der Waals surface area contributed by atoms with Crippen molar-refractivity contribution in [1.82, 2.24) is 4.90 Å². The molecule has 2 rings (SSSR count). The summed E-state index contributed by atoms with van der Waals surface area (Å²) in [6.45, 7) is 3.68. The fraction of sp³-hybridized carbons (Fsp3) is 0.556. The van der Waals surface area contributed by atoms with E-state index < -0.39 is 0 Å². The molecule has 1 atom stereocenters. The molecule has 0 unspecified atom stereocenters. The van der Waals surface area contributed by atoms with E-state index in [2.05, 4.69) is 17.6 Å². The maximum absolute atomic E-state index is 12.7. The van der Waals surface area contributed by atoms with Gasteiger partial charge in [0.1, 0.15) is 12.4 Å². The number of amides is 3. The highest BCUT2D eigenvalue weighted by Gasteiger charge is 2.26. The first-order valence-corrected chi connectivity index (χ1v) is 8.71. The third-order valence-electron chi connectivity index (χ3n) is 4.11. The van der Waals surface area contributed by atoms with Gasteiger partial charge in [0.05, 0.1) is 32.1 Å². The summed E-state index contributed by atoms with van der Waals surface area (Å²) in [6.07, 6.45) is 1.88. The molecule has 0 bridgehead atoms. The molecule has 1 aliphatic heterocycles. The van der Waals surface area contributed by atoms with E-state index in [9.17, 15) is 9.59 Å². The molecular weight excluding hydrogens is 338 g/mol. The molecule has 1 aromatic rings. The number of rotatable bonds is 7. The summed E-state index contributed by atoms with van der Waals surface area (Å²) in [5.41, 5.74) is 1.05. The van der Waals surface area contributed by atoms with Gasteiger partial charge in [-0.3, -0.25) is 4.79 Å². The van der Waals surface area contributed by atoms with Gasteiger partial charge < -0.3 is 29.7 Å². The second-order valence-electron chi connectivity index (χ2n) is 6.04. The van der Waals surface area contributed by atoms with Gasteiger partial charge in [-0.2, -0.15) is 0 Å². The maximum Gasteiger partial charge on any atom is 0.322 e. The van der Waals surface area contributed by atoms with Gasteiger partial charge in [-0.15, -0.1) is 0 Å². The van der Waals surface area contributed by atoms with Crippen molar-refractivity contribution in [3.8, 4) is 5.75 Å². The van der Waals surface area contributed by atoms with Crippen molar-refractivity contribution < 1.29 is 23.8 Å². The van der Waals surface area contributed by atoms with Gasteiger partial charge in [0.2, 0.25) is 5.91 Å². The summed E-state index contributed by atoms with van der Waals surface area (Å²) in [6, 6.07) is 5.00. The zero-order valence-electron chi connectivity index (χ0n) is 15.5. The highest BCUT2D eigenvalue weighted by atomic mass is 16.5. The maximum atomic E-state index is 12.7. The van der Waals surface area contributed by atoms with E-state index in [0.29, 0.717) is 36.9 Å². The Labute approximate surface area is 153 Å². The Morgan fingerprint density at radius 3 is 2.81 bits per heavy atom. The molecule has 144 valence electrons. The predicted molar refractivity (Wildman–Crippen MR) is 98.7 cm³/mol. The number of methoxy groups -OCH3 is 2. The number of carbonyl (C=O) groups excluding carboxylic acids is 2. The number of nitrogens with one attached hydrogen (secondary N) is 2. The Balaban J connectivity index is 2.10. The lowest BCUT2D eigenvalue weighted by Crippen LogP contribution is -2.50. The fourth-order valence-corrected chi connectivity index (χ4v) is 2.89. The normalized spacial score (nSPS) is 16.9. The molecular formula is C18H27N3O5. The van der Waals surface area contributed by atoms with E-state index in [4.69, 9.17) is 14.2 Å². The molecule has 8 heteroatoms. The molecule has 3 amide bonds. The van der Waals surface area contributed by atoms with Crippen LogP contribution in [0.5, 0.6) is 5.75 Å². The van der Waals surface area contributed by atoms with E-state index in [-0.39, 0.29) is 24.6 Å². The number of nitrogens with zero attached hydrogens (tertiary/aromatic N) is 1. The van der Waals surface area contributed by atoms with E-state index in [1.165, 1.54) is 14.2 Å². The third kappa shape index (κ3) is 5.34. The highest BCUT2D eigenvalue weighted by Crippen LogP contribution is 2.28. The van der Waals surface area contributed by atoms with Crippen LogP contribution >= 0.6 is 0 Å². The number of carbonyl (C=O) groups is 2. The summed E-state index contributed by atoms with van der Waals surface area (Å²) in [7, 11) is 2.96. The standard InChI is InChI=1S/C18H27N3O5/c1-4-5-14-11-26-9-8-21(14)18(23)19-13-6-7-16(25-3)15(10-13)20-17(22)12-24-2/h6-7,10,14H,4-5,8-9,11-12H2,1-3H3,(H,19,23)(H,20,22)/t14-/m1/s1. The zero-order valence-corrected chi connectivity index (χ0v) is 15.5. The Morgan fingerprint density at radius 2 is 2.12 bits per heavy atom. The van der Waals surface area contributed by atoms with Crippen LogP contribution in [0.2, 0.25) is 0 Å². The van der Waals surface area contributed by atoms with Crippen LogP contribution in [-0.4, -0.2) is 63.5 Å². The summed E-state index contributed by atoms with van der Waals surface area (Å²) in [4.78, 5) is 26.2. The van der Waals surface area contributed by atoms with Crippen molar-refractivity contribution in [3.63, 3.8) is 0 Å². The molecule has 0 spiro atoms.